The van der Waals surface area contributed by atoms with Crippen LogP contribution in [0.3, 0.4) is 0 Å². The van der Waals surface area contributed by atoms with Gasteiger partial charge in [-0.1, -0.05) is 17.7 Å². The van der Waals surface area contributed by atoms with Crippen molar-refractivity contribution in [3.63, 3.8) is 0 Å². The number of aromatic nitrogens is 2. The number of anilines is 1. The standard InChI is InChI=1S/C12H13ClN4O2/c1-8-11(7-16(2)15-8)14-6-9-3-4-10(13)12(5-9)17(18)19/h3-5,7,14H,6H2,1-2H3. The molecule has 0 saturated carbocycles. The van der Waals surface area contributed by atoms with Gasteiger partial charge in [-0.3, -0.25) is 14.8 Å². The minimum atomic E-state index is -0.485. The van der Waals surface area contributed by atoms with Crippen LogP contribution in [0.25, 0.3) is 0 Å². The van der Waals surface area contributed by atoms with Crippen LogP contribution in [0.1, 0.15) is 11.3 Å². The van der Waals surface area contributed by atoms with Crippen LogP contribution in [0.4, 0.5) is 11.4 Å². The Labute approximate surface area is 115 Å². The van der Waals surface area contributed by atoms with Gasteiger partial charge in [-0.2, -0.15) is 5.10 Å². The molecular weight excluding hydrogens is 268 g/mol. The Balaban J connectivity index is 2.14. The highest BCUT2D eigenvalue weighted by molar-refractivity contribution is 6.32. The normalized spacial score (nSPS) is 10.5. The van der Waals surface area contributed by atoms with Gasteiger partial charge in [-0.05, 0) is 18.6 Å². The molecule has 19 heavy (non-hydrogen) atoms. The van der Waals surface area contributed by atoms with Gasteiger partial charge in [0, 0.05) is 25.9 Å². The molecule has 0 fully saturated rings. The number of nitro benzene ring substituents is 1. The second-order valence-electron chi connectivity index (χ2n) is 4.20. The molecule has 0 aliphatic heterocycles. The average Bonchev–Trinajstić information content (AvgIpc) is 2.66. The number of hydrogen-bond donors (Lipinski definition) is 1. The van der Waals surface area contributed by atoms with Crippen molar-refractivity contribution in [3.05, 3.63) is 50.8 Å². The zero-order valence-corrected chi connectivity index (χ0v) is 11.3. The summed E-state index contributed by atoms with van der Waals surface area (Å²) in [5.74, 6) is 0. The fraction of sp³-hybridized carbons (Fsp3) is 0.250. The van der Waals surface area contributed by atoms with Crippen molar-refractivity contribution in [2.24, 2.45) is 7.05 Å². The number of nitrogens with one attached hydrogen (secondary N) is 1. The third-order valence-electron chi connectivity index (χ3n) is 2.70. The van der Waals surface area contributed by atoms with Crippen molar-refractivity contribution in [1.29, 1.82) is 0 Å². The van der Waals surface area contributed by atoms with Gasteiger partial charge < -0.3 is 5.32 Å². The maximum absolute atomic E-state index is 10.8. The molecule has 6 nitrogen and oxygen atoms in total. The molecular formula is C12H13ClN4O2. The van der Waals surface area contributed by atoms with Gasteiger partial charge in [0.2, 0.25) is 0 Å². The molecule has 2 rings (SSSR count). The molecule has 0 amide bonds. The first-order valence-electron chi connectivity index (χ1n) is 5.64. The Morgan fingerprint density at radius 1 is 1.53 bits per heavy atom. The van der Waals surface area contributed by atoms with E-state index in [4.69, 9.17) is 11.6 Å². The van der Waals surface area contributed by atoms with Crippen molar-refractivity contribution in [1.82, 2.24) is 9.78 Å². The van der Waals surface area contributed by atoms with E-state index < -0.39 is 4.92 Å². The third kappa shape index (κ3) is 3.03. The van der Waals surface area contributed by atoms with Gasteiger partial charge in [0.1, 0.15) is 5.02 Å². The molecule has 1 aromatic heterocycles. The highest BCUT2D eigenvalue weighted by atomic mass is 35.5. The van der Waals surface area contributed by atoms with E-state index in [0.717, 1.165) is 16.9 Å². The quantitative estimate of drug-likeness (QED) is 0.690. The summed E-state index contributed by atoms with van der Waals surface area (Å²) in [6, 6.07) is 4.77. The first-order valence-corrected chi connectivity index (χ1v) is 6.02. The summed E-state index contributed by atoms with van der Waals surface area (Å²) in [5.41, 5.74) is 2.49. The highest BCUT2D eigenvalue weighted by Crippen LogP contribution is 2.25. The molecule has 0 atom stereocenters. The minimum Gasteiger partial charge on any atom is -0.378 e. The van der Waals surface area contributed by atoms with E-state index in [1.807, 2.05) is 20.2 Å². The van der Waals surface area contributed by atoms with Crippen LogP contribution >= 0.6 is 11.6 Å². The van der Waals surface area contributed by atoms with Crippen molar-refractivity contribution >= 4 is 23.0 Å². The summed E-state index contributed by atoms with van der Waals surface area (Å²) >= 11 is 5.76. The highest BCUT2D eigenvalue weighted by Gasteiger charge is 2.12. The van der Waals surface area contributed by atoms with E-state index in [2.05, 4.69) is 10.4 Å². The number of benzene rings is 1. The summed E-state index contributed by atoms with van der Waals surface area (Å²) in [6.45, 7) is 2.37. The fourth-order valence-electron chi connectivity index (χ4n) is 1.78. The lowest BCUT2D eigenvalue weighted by molar-refractivity contribution is -0.384. The van der Waals surface area contributed by atoms with Crippen LogP contribution in [0.15, 0.2) is 24.4 Å². The van der Waals surface area contributed by atoms with Crippen molar-refractivity contribution in [3.8, 4) is 0 Å². The maximum Gasteiger partial charge on any atom is 0.288 e. The molecule has 0 unspecified atom stereocenters. The van der Waals surface area contributed by atoms with E-state index in [9.17, 15) is 10.1 Å². The molecule has 0 saturated heterocycles. The van der Waals surface area contributed by atoms with Crippen LogP contribution in [0.5, 0.6) is 0 Å². The largest absolute Gasteiger partial charge is 0.378 e. The number of halogens is 1. The maximum atomic E-state index is 10.8. The van der Waals surface area contributed by atoms with E-state index in [-0.39, 0.29) is 10.7 Å². The summed E-state index contributed by atoms with van der Waals surface area (Å²) in [6.07, 6.45) is 1.86. The molecule has 0 spiro atoms. The van der Waals surface area contributed by atoms with Gasteiger partial charge in [-0.25, -0.2) is 0 Å². The molecule has 1 N–H and O–H groups in total. The van der Waals surface area contributed by atoms with Gasteiger partial charge in [0.15, 0.2) is 0 Å². The third-order valence-corrected chi connectivity index (χ3v) is 3.02. The number of nitro groups is 1. The van der Waals surface area contributed by atoms with E-state index in [0.29, 0.717) is 6.54 Å². The SMILES string of the molecule is Cc1nn(C)cc1NCc1ccc(Cl)c([N+](=O)[O-])c1. The predicted molar refractivity (Wildman–Crippen MR) is 73.4 cm³/mol. The first-order chi connectivity index (χ1) is 8.97. The van der Waals surface area contributed by atoms with Crippen LogP contribution < -0.4 is 5.32 Å². The van der Waals surface area contributed by atoms with Crippen molar-refractivity contribution in [2.45, 2.75) is 13.5 Å². The molecule has 0 bridgehead atoms. The van der Waals surface area contributed by atoms with Crippen LogP contribution in [0.2, 0.25) is 5.02 Å². The molecule has 1 heterocycles. The van der Waals surface area contributed by atoms with Gasteiger partial charge in [0.25, 0.3) is 5.69 Å². The number of aryl methyl sites for hydroxylation is 2. The topological polar surface area (TPSA) is 73.0 Å². The van der Waals surface area contributed by atoms with Crippen LogP contribution in [-0.2, 0) is 13.6 Å². The first kappa shape index (κ1) is 13.4. The van der Waals surface area contributed by atoms with Gasteiger partial charge >= 0.3 is 0 Å². The molecule has 7 heteroatoms. The van der Waals surface area contributed by atoms with Crippen molar-refractivity contribution in [2.75, 3.05) is 5.32 Å². The Kier molecular flexibility index (Phi) is 3.71. The second kappa shape index (κ2) is 5.27. The smallest absolute Gasteiger partial charge is 0.288 e. The molecule has 0 radical (unpaired) electrons. The van der Waals surface area contributed by atoms with E-state index in [1.54, 1.807) is 10.7 Å². The van der Waals surface area contributed by atoms with Crippen LogP contribution in [-0.4, -0.2) is 14.7 Å². The van der Waals surface area contributed by atoms with Crippen LogP contribution in [0, 0.1) is 17.0 Å². The molecule has 2 aromatic rings. The lowest BCUT2D eigenvalue weighted by atomic mass is 10.2. The van der Waals surface area contributed by atoms with Gasteiger partial charge in [-0.15, -0.1) is 0 Å². The zero-order chi connectivity index (χ0) is 14.0. The summed E-state index contributed by atoms with van der Waals surface area (Å²) < 4.78 is 1.71. The van der Waals surface area contributed by atoms with Crippen molar-refractivity contribution < 1.29 is 4.92 Å². The molecule has 0 aliphatic carbocycles. The fourth-order valence-corrected chi connectivity index (χ4v) is 1.97. The zero-order valence-electron chi connectivity index (χ0n) is 10.6. The van der Waals surface area contributed by atoms with E-state index >= 15 is 0 Å². The summed E-state index contributed by atoms with van der Waals surface area (Å²) in [5, 5.41) is 18.3. The summed E-state index contributed by atoms with van der Waals surface area (Å²) in [4.78, 5) is 10.3. The Bertz CT molecular complexity index is 624. The number of hydrogen-bond acceptors (Lipinski definition) is 4. The second-order valence-corrected chi connectivity index (χ2v) is 4.61. The monoisotopic (exact) mass is 280 g/mol. The molecule has 1 aromatic carbocycles. The van der Waals surface area contributed by atoms with E-state index in [1.165, 1.54) is 12.1 Å². The Hall–Kier alpha value is -2.08. The van der Waals surface area contributed by atoms with Gasteiger partial charge in [0.05, 0.1) is 16.3 Å². The molecule has 0 aliphatic rings. The predicted octanol–water partition coefficient (Wildman–Crippen LogP) is 2.90. The minimum absolute atomic E-state index is 0.0797. The molecule has 100 valence electrons. The lowest BCUT2D eigenvalue weighted by Gasteiger charge is -2.05. The number of rotatable bonds is 4. The Morgan fingerprint density at radius 3 is 2.84 bits per heavy atom. The summed E-state index contributed by atoms with van der Waals surface area (Å²) in [7, 11) is 1.84. The average molecular weight is 281 g/mol. The Morgan fingerprint density at radius 2 is 2.26 bits per heavy atom. The number of nitrogens with zero attached hydrogens (tertiary/aromatic N) is 3. The lowest BCUT2D eigenvalue weighted by Crippen LogP contribution is -2.00.